The molecule has 1 aromatic rings. The average Bonchev–Trinajstić information content (AvgIpc) is 2.49. The maximum absolute atomic E-state index is 6.06. The van der Waals surface area contributed by atoms with E-state index in [1.54, 1.807) is 10.9 Å². The summed E-state index contributed by atoms with van der Waals surface area (Å²) in [6, 6.07) is 0.0763. The Hall–Kier alpha value is -0.580. The van der Waals surface area contributed by atoms with Gasteiger partial charge in [0.05, 0.1) is 35.7 Å². The van der Waals surface area contributed by atoms with Crippen molar-refractivity contribution in [1.29, 1.82) is 0 Å². The lowest BCUT2D eigenvalue weighted by Gasteiger charge is -2.18. The number of halogens is 1. The summed E-state index contributed by atoms with van der Waals surface area (Å²) in [5, 5.41) is 7.94. The van der Waals surface area contributed by atoms with Gasteiger partial charge in [0.1, 0.15) is 0 Å². The molecule has 1 heterocycles. The van der Waals surface area contributed by atoms with Crippen LogP contribution < -0.4 is 5.32 Å². The molecule has 1 N–H and O–H groups in total. The zero-order valence-electron chi connectivity index (χ0n) is 9.62. The number of rotatable bonds is 5. The lowest BCUT2D eigenvalue weighted by molar-refractivity contribution is 0.0611. The number of nitrogens with zero attached hydrogens (tertiary/aromatic N) is 2. The molecule has 0 saturated heterocycles. The van der Waals surface area contributed by atoms with Crippen molar-refractivity contribution in [2.45, 2.75) is 26.0 Å². The van der Waals surface area contributed by atoms with Crippen molar-refractivity contribution in [3.05, 3.63) is 16.9 Å². The van der Waals surface area contributed by atoms with Crippen molar-refractivity contribution in [2.24, 2.45) is 7.05 Å². The molecule has 15 heavy (non-hydrogen) atoms. The van der Waals surface area contributed by atoms with E-state index in [0.717, 1.165) is 5.69 Å². The van der Waals surface area contributed by atoms with Crippen LogP contribution in [0.2, 0.25) is 5.02 Å². The lowest BCUT2D eigenvalue weighted by Crippen LogP contribution is -2.25. The molecular weight excluding hydrogens is 214 g/mol. The maximum atomic E-state index is 6.06. The zero-order valence-corrected chi connectivity index (χ0v) is 10.4. The van der Waals surface area contributed by atoms with Gasteiger partial charge in [0, 0.05) is 7.05 Å². The van der Waals surface area contributed by atoms with E-state index < -0.39 is 0 Å². The molecule has 0 aliphatic heterocycles. The van der Waals surface area contributed by atoms with Crippen molar-refractivity contribution < 1.29 is 4.74 Å². The molecule has 1 rings (SSSR count). The van der Waals surface area contributed by atoms with Crippen LogP contribution in [0, 0.1) is 0 Å². The molecule has 0 aromatic carbocycles. The molecule has 4 nitrogen and oxygen atoms in total. The molecule has 0 fully saturated rings. The lowest BCUT2D eigenvalue weighted by atomic mass is 10.2. The van der Waals surface area contributed by atoms with E-state index in [4.69, 9.17) is 16.3 Å². The van der Waals surface area contributed by atoms with E-state index >= 15 is 0 Å². The Labute approximate surface area is 95.6 Å². The zero-order chi connectivity index (χ0) is 11.4. The van der Waals surface area contributed by atoms with Gasteiger partial charge in [-0.25, -0.2) is 0 Å². The second kappa shape index (κ2) is 5.49. The van der Waals surface area contributed by atoms with Crippen LogP contribution >= 0.6 is 11.6 Å². The van der Waals surface area contributed by atoms with Crippen LogP contribution in [0.5, 0.6) is 0 Å². The highest BCUT2D eigenvalue weighted by atomic mass is 35.5. The second-order valence-electron chi connectivity index (χ2n) is 3.72. The molecule has 0 aliphatic rings. The molecule has 86 valence electrons. The summed E-state index contributed by atoms with van der Waals surface area (Å²) in [6.45, 7) is 4.61. The molecule has 5 heteroatoms. The summed E-state index contributed by atoms with van der Waals surface area (Å²) in [5.74, 6) is 0. The van der Waals surface area contributed by atoms with E-state index in [0.29, 0.717) is 11.6 Å². The van der Waals surface area contributed by atoms with Crippen LogP contribution in [0.4, 0.5) is 0 Å². The number of hydrogen-bond acceptors (Lipinski definition) is 3. The van der Waals surface area contributed by atoms with E-state index in [9.17, 15) is 0 Å². The van der Waals surface area contributed by atoms with Gasteiger partial charge in [-0.3, -0.25) is 4.68 Å². The van der Waals surface area contributed by atoms with Gasteiger partial charge in [0.15, 0.2) is 0 Å². The minimum Gasteiger partial charge on any atom is -0.377 e. The Bertz CT molecular complexity index is 292. The average molecular weight is 232 g/mol. The first kappa shape index (κ1) is 12.5. The van der Waals surface area contributed by atoms with E-state index in [1.165, 1.54) is 0 Å². The van der Waals surface area contributed by atoms with Gasteiger partial charge in [-0.2, -0.15) is 5.10 Å². The monoisotopic (exact) mass is 231 g/mol. The molecule has 0 amide bonds. The Morgan fingerprint density at radius 3 is 2.67 bits per heavy atom. The van der Waals surface area contributed by atoms with E-state index in [-0.39, 0.29) is 12.1 Å². The maximum Gasteiger partial charge on any atom is 0.0834 e. The van der Waals surface area contributed by atoms with E-state index in [2.05, 4.69) is 10.4 Å². The Morgan fingerprint density at radius 1 is 1.60 bits per heavy atom. The third-order valence-corrected chi connectivity index (χ3v) is 2.50. The number of hydrogen-bond donors (Lipinski definition) is 1. The highest BCUT2D eigenvalue weighted by Gasteiger charge is 2.17. The number of ether oxygens (including phenoxy) is 1. The Morgan fingerprint density at radius 2 is 2.27 bits per heavy atom. The van der Waals surface area contributed by atoms with Crippen molar-refractivity contribution in [3.8, 4) is 0 Å². The third kappa shape index (κ3) is 3.19. The molecular formula is C10H18ClN3O. The fraction of sp³-hybridized carbons (Fsp3) is 0.700. The minimum absolute atomic E-state index is 0.0763. The summed E-state index contributed by atoms with van der Waals surface area (Å²) >= 11 is 6.06. The van der Waals surface area contributed by atoms with Crippen molar-refractivity contribution in [2.75, 3.05) is 13.7 Å². The second-order valence-corrected chi connectivity index (χ2v) is 4.13. The number of likely N-dealkylation sites (N-methyl/N-ethyl adjacent to an activating group) is 1. The van der Waals surface area contributed by atoms with Crippen LogP contribution in [0.15, 0.2) is 6.20 Å². The first-order valence-corrected chi connectivity index (χ1v) is 5.40. The molecule has 0 spiro atoms. The SMILES string of the molecule is CNC(COC(C)C)c1c(Cl)cnn1C. The fourth-order valence-corrected chi connectivity index (χ4v) is 1.70. The van der Waals surface area contributed by atoms with Crippen LogP contribution in [0.3, 0.4) is 0 Å². The van der Waals surface area contributed by atoms with E-state index in [1.807, 2.05) is 27.9 Å². The van der Waals surface area contributed by atoms with Gasteiger partial charge in [0.2, 0.25) is 0 Å². The van der Waals surface area contributed by atoms with Gasteiger partial charge in [-0.1, -0.05) is 11.6 Å². The Balaban J connectivity index is 2.74. The van der Waals surface area contributed by atoms with Crippen LogP contribution in [-0.2, 0) is 11.8 Å². The molecule has 0 saturated carbocycles. The first-order valence-electron chi connectivity index (χ1n) is 5.02. The number of aryl methyl sites for hydroxylation is 1. The fourth-order valence-electron chi connectivity index (χ4n) is 1.40. The number of aromatic nitrogens is 2. The van der Waals surface area contributed by atoms with Crippen LogP contribution in [0.1, 0.15) is 25.6 Å². The summed E-state index contributed by atoms with van der Waals surface area (Å²) in [6.07, 6.45) is 1.87. The van der Waals surface area contributed by atoms with Gasteiger partial charge >= 0.3 is 0 Å². The predicted molar refractivity (Wildman–Crippen MR) is 61.1 cm³/mol. The molecule has 0 aliphatic carbocycles. The summed E-state index contributed by atoms with van der Waals surface area (Å²) in [7, 11) is 3.76. The van der Waals surface area contributed by atoms with Crippen molar-refractivity contribution in [1.82, 2.24) is 15.1 Å². The summed E-state index contributed by atoms with van der Waals surface area (Å²) in [4.78, 5) is 0. The predicted octanol–water partition coefficient (Wildman–Crippen LogP) is 1.76. The standard InChI is InChI=1S/C10H18ClN3O/c1-7(2)15-6-9(12-3)10-8(11)5-13-14(10)4/h5,7,9,12H,6H2,1-4H3. The number of nitrogens with one attached hydrogen (secondary N) is 1. The third-order valence-electron chi connectivity index (χ3n) is 2.21. The Kier molecular flexibility index (Phi) is 4.57. The van der Waals surface area contributed by atoms with Gasteiger partial charge in [0.25, 0.3) is 0 Å². The molecule has 0 bridgehead atoms. The molecule has 1 aromatic heterocycles. The van der Waals surface area contributed by atoms with Crippen molar-refractivity contribution in [3.63, 3.8) is 0 Å². The normalized spacial score (nSPS) is 13.5. The van der Waals surface area contributed by atoms with Gasteiger partial charge in [-0.05, 0) is 20.9 Å². The minimum atomic E-state index is 0.0763. The van der Waals surface area contributed by atoms with Gasteiger partial charge < -0.3 is 10.1 Å². The first-order chi connectivity index (χ1) is 7.06. The smallest absolute Gasteiger partial charge is 0.0834 e. The van der Waals surface area contributed by atoms with Crippen LogP contribution in [0.25, 0.3) is 0 Å². The van der Waals surface area contributed by atoms with Crippen molar-refractivity contribution >= 4 is 11.6 Å². The highest BCUT2D eigenvalue weighted by molar-refractivity contribution is 6.31. The molecule has 0 radical (unpaired) electrons. The highest BCUT2D eigenvalue weighted by Crippen LogP contribution is 2.22. The molecule has 1 unspecified atom stereocenters. The van der Waals surface area contributed by atoms with Gasteiger partial charge in [-0.15, -0.1) is 0 Å². The summed E-state index contributed by atoms with van der Waals surface area (Å²) in [5.41, 5.74) is 0.958. The summed E-state index contributed by atoms with van der Waals surface area (Å²) < 4.78 is 7.34. The topological polar surface area (TPSA) is 39.1 Å². The van der Waals surface area contributed by atoms with Crippen LogP contribution in [-0.4, -0.2) is 29.5 Å². The quantitative estimate of drug-likeness (QED) is 0.840. The largest absolute Gasteiger partial charge is 0.377 e. The molecule has 1 atom stereocenters.